The highest BCUT2D eigenvalue weighted by atomic mass is 32.1. The van der Waals surface area contributed by atoms with Gasteiger partial charge in [-0.3, -0.25) is 14.5 Å². The SMILES string of the molecule is CCCNC(=O)c1ccc(N2C(=S)N(c3cnc(C#N)c(C(F)(F)F)c3)C(=O)C23CCC3)cc1F. The van der Waals surface area contributed by atoms with Gasteiger partial charge in [0.2, 0.25) is 0 Å². The monoisotopic (exact) mass is 505 g/mol. The van der Waals surface area contributed by atoms with Gasteiger partial charge < -0.3 is 10.2 Å². The third-order valence-electron chi connectivity index (χ3n) is 6.13. The summed E-state index contributed by atoms with van der Waals surface area (Å²) in [6.07, 6.45) is -1.83. The van der Waals surface area contributed by atoms with E-state index in [1.807, 2.05) is 6.92 Å². The van der Waals surface area contributed by atoms with Crippen LogP contribution in [-0.4, -0.2) is 34.0 Å². The number of nitriles is 1. The second-order valence-electron chi connectivity index (χ2n) is 8.26. The Hall–Kier alpha value is -3.59. The highest BCUT2D eigenvalue weighted by molar-refractivity contribution is 7.81. The van der Waals surface area contributed by atoms with Crippen molar-refractivity contribution >= 4 is 40.5 Å². The average molecular weight is 505 g/mol. The summed E-state index contributed by atoms with van der Waals surface area (Å²) in [4.78, 5) is 31.6. The molecule has 1 spiro atoms. The Kier molecular flexibility index (Phi) is 6.23. The Bertz CT molecular complexity index is 1270. The number of nitrogens with one attached hydrogen (secondary N) is 1. The lowest BCUT2D eigenvalue weighted by Crippen LogP contribution is -2.55. The fourth-order valence-electron chi connectivity index (χ4n) is 4.25. The number of hydrogen-bond acceptors (Lipinski definition) is 5. The van der Waals surface area contributed by atoms with Gasteiger partial charge in [0.25, 0.3) is 11.8 Å². The molecule has 182 valence electrons. The predicted molar refractivity (Wildman–Crippen MR) is 122 cm³/mol. The van der Waals surface area contributed by atoms with Crippen LogP contribution in [-0.2, 0) is 11.0 Å². The summed E-state index contributed by atoms with van der Waals surface area (Å²) in [5, 5.41) is 11.5. The van der Waals surface area contributed by atoms with Crippen LogP contribution >= 0.6 is 12.2 Å². The molecule has 35 heavy (non-hydrogen) atoms. The van der Waals surface area contributed by atoms with Gasteiger partial charge >= 0.3 is 6.18 Å². The second kappa shape index (κ2) is 8.88. The molecule has 1 N–H and O–H groups in total. The lowest BCUT2D eigenvalue weighted by molar-refractivity contribution is -0.138. The summed E-state index contributed by atoms with van der Waals surface area (Å²) >= 11 is 5.49. The van der Waals surface area contributed by atoms with E-state index in [1.54, 1.807) is 0 Å². The fourth-order valence-corrected chi connectivity index (χ4v) is 4.72. The van der Waals surface area contributed by atoms with E-state index in [-0.39, 0.29) is 22.1 Å². The molecule has 0 unspecified atom stereocenters. The summed E-state index contributed by atoms with van der Waals surface area (Å²) in [6.45, 7) is 2.23. The molecule has 1 aromatic heterocycles. The zero-order valence-corrected chi connectivity index (χ0v) is 19.3. The van der Waals surface area contributed by atoms with Crippen molar-refractivity contribution < 1.29 is 27.2 Å². The number of amides is 2. The quantitative estimate of drug-likeness (QED) is 0.481. The predicted octanol–water partition coefficient (Wildman–Crippen LogP) is 4.31. The number of nitrogens with zero attached hydrogens (tertiary/aromatic N) is 4. The Labute approximate surface area is 203 Å². The molecule has 2 aromatic rings. The van der Waals surface area contributed by atoms with Crippen LogP contribution in [0.4, 0.5) is 28.9 Å². The molecular formula is C23H19F4N5O2S. The van der Waals surface area contributed by atoms with E-state index < -0.39 is 40.6 Å². The molecule has 1 aliphatic heterocycles. The van der Waals surface area contributed by atoms with E-state index in [1.165, 1.54) is 23.1 Å². The van der Waals surface area contributed by atoms with Gasteiger partial charge in [0.15, 0.2) is 10.8 Å². The molecule has 2 heterocycles. The van der Waals surface area contributed by atoms with Gasteiger partial charge in [-0.15, -0.1) is 0 Å². The first-order valence-electron chi connectivity index (χ1n) is 10.8. The molecule has 2 fully saturated rings. The van der Waals surface area contributed by atoms with E-state index in [0.717, 1.165) is 17.2 Å². The summed E-state index contributed by atoms with van der Waals surface area (Å²) in [7, 11) is 0. The number of alkyl halides is 3. The van der Waals surface area contributed by atoms with Crippen molar-refractivity contribution in [2.24, 2.45) is 0 Å². The maximum Gasteiger partial charge on any atom is 0.419 e. The lowest BCUT2D eigenvalue weighted by Gasteiger charge is -2.43. The van der Waals surface area contributed by atoms with Crippen LogP contribution in [0.25, 0.3) is 0 Å². The maximum atomic E-state index is 14.9. The first-order chi connectivity index (χ1) is 16.5. The van der Waals surface area contributed by atoms with Crippen molar-refractivity contribution in [2.45, 2.75) is 44.3 Å². The second-order valence-corrected chi connectivity index (χ2v) is 8.63. The van der Waals surface area contributed by atoms with Crippen molar-refractivity contribution in [2.75, 3.05) is 16.3 Å². The molecule has 12 heteroatoms. The van der Waals surface area contributed by atoms with Crippen LogP contribution in [0, 0.1) is 17.1 Å². The molecule has 1 saturated heterocycles. The number of anilines is 2. The van der Waals surface area contributed by atoms with Gasteiger partial charge in [-0.1, -0.05) is 6.92 Å². The van der Waals surface area contributed by atoms with Gasteiger partial charge in [0.05, 0.1) is 23.0 Å². The number of pyridine rings is 1. The topological polar surface area (TPSA) is 89.3 Å². The number of thiocarbonyl (C=S) groups is 1. The molecule has 0 bridgehead atoms. The van der Waals surface area contributed by atoms with E-state index in [9.17, 15) is 27.2 Å². The minimum absolute atomic E-state index is 0.142. The van der Waals surface area contributed by atoms with Gasteiger partial charge in [-0.2, -0.15) is 18.4 Å². The minimum atomic E-state index is -4.87. The van der Waals surface area contributed by atoms with Crippen LogP contribution in [0.2, 0.25) is 0 Å². The highest BCUT2D eigenvalue weighted by Crippen LogP contribution is 2.48. The molecule has 1 saturated carbocycles. The summed E-state index contributed by atoms with van der Waals surface area (Å²) in [6, 6.07) is 5.87. The number of aromatic nitrogens is 1. The van der Waals surface area contributed by atoms with Crippen LogP contribution in [0.15, 0.2) is 30.5 Å². The normalized spacial score (nSPS) is 16.9. The van der Waals surface area contributed by atoms with Crippen LogP contribution in [0.5, 0.6) is 0 Å². The number of halogens is 4. The van der Waals surface area contributed by atoms with Crippen molar-refractivity contribution in [1.29, 1.82) is 5.26 Å². The minimum Gasteiger partial charge on any atom is -0.352 e. The van der Waals surface area contributed by atoms with Gasteiger partial charge in [0, 0.05) is 12.2 Å². The third kappa shape index (κ3) is 3.99. The molecule has 7 nitrogen and oxygen atoms in total. The van der Waals surface area contributed by atoms with Crippen molar-refractivity contribution in [3.05, 3.63) is 53.1 Å². The van der Waals surface area contributed by atoms with E-state index in [2.05, 4.69) is 10.3 Å². The number of carbonyl (C=O) groups excluding carboxylic acids is 2. The zero-order chi connectivity index (χ0) is 25.5. The standard InChI is InChI=1S/C23H19F4N5O2S/c1-2-8-29-19(33)15-5-4-13(10-17(15)24)32-21(35)31(20(34)22(32)6-3-7-22)14-9-16(23(25,26)27)18(11-28)30-12-14/h4-5,9-10,12H,2-3,6-8H2,1H3,(H,29,33). The first kappa shape index (κ1) is 24.5. The molecule has 2 aliphatic rings. The molecule has 4 rings (SSSR count). The van der Waals surface area contributed by atoms with Crippen LogP contribution in [0.3, 0.4) is 0 Å². The van der Waals surface area contributed by atoms with Gasteiger partial charge in [0.1, 0.15) is 17.4 Å². The molecule has 0 atom stereocenters. The lowest BCUT2D eigenvalue weighted by atomic mass is 9.75. The van der Waals surface area contributed by atoms with Crippen molar-refractivity contribution in [3.8, 4) is 6.07 Å². The molecule has 1 aliphatic carbocycles. The van der Waals surface area contributed by atoms with E-state index in [0.29, 0.717) is 38.3 Å². The average Bonchev–Trinajstić information content (AvgIpc) is 3.03. The van der Waals surface area contributed by atoms with Crippen molar-refractivity contribution in [3.63, 3.8) is 0 Å². The Morgan fingerprint density at radius 2 is 2.00 bits per heavy atom. The third-order valence-corrected chi connectivity index (χ3v) is 6.49. The largest absolute Gasteiger partial charge is 0.419 e. The van der Waals surface area contributed by atoms with E-state index in [4.69, 9.17) is 17.5 Å². The molecule has 1 aromatic carbocycles. The molecular weight excluding hydrogens is 486 g/mol. The van der Waals surface area contributed by atoms with Crippen LogP contribution in [0.1, 0.15) is 54.2 Å². The number of rotatable bonds is 5. The van der Waals surface area contributed by atoms with Crippen LogP contribution < -0.4 is 15.1 Å². The first-order valence-corrected chi connectivity index (χ1v) is 11.2. The van der Waals surface area contributed by atoms with Gasteiger partial charge in [-0.25, -0.2) is 9.37 Å². The number of carbonyl (C=O) groups is 2. The Morgan fingerprint density at radius 3 is 2.54 bits per heavy atom. The summed E-state index contributed by atoms with van der Waals surface area (Å²) in [5.74, 6) is -1.96. The summed E-state index contributed by atoms with van der Waals surface area (Å²) < 4.78 is 55.3. The molecule has 2 amide bonds. The summed E-state index contributed by atoms with van der Waals surface area (Å²) in [5.41, 5.74) is -3.51. The highest BCUT2D eigenvalue weighted by Gasteiger charge is 2.59. The Balaban J connectivity index is 1.75. The zero-order valence-electron chi connectivity index (χ0n) is 18.4. The van der Waals surface area contributed by atoms with Crippen molar-refractivity contribution in [1.82, 2.24) is 10.3 Å². The number of benzene rings is 1. The smallest absolute Gasteiger partial charge is 0.352 e. The van der Waals surface area contributed by atoms with E-state index >= 15 is 0 Å². The molecule has 0 radical (unpaired) electrons. The number of hydrogen-bond donors (Lipinski definition) is 1. The van der Waals surface area contributed by atoms with Gasteiger partial charge in [-0.05, 0) is 62.2 Å². The fraction of sp³-hybridized carbons (Fsp3) is 0.348. The maximum absolute atomic E-state index is 14.9. The Morgan fingerprint density at radius 1 is 1.29 bits per heavy atom.